The van der Waals surface area contributed by atoms with Crippen molar-refractivity contribution >= 4 is 16.9 Å². The second kappa shape index (κ2) is 5.51. The van der Waals surface area contributed by atoms with E-state index in [0.29, 0.717) is 17.8 Å². The zero-order valence-electron chi connectivity index (χ0n) is 11.1. The number of fused-ring (bicyclic) bond motifs is 1. The first-order chi connectivity index (χ1) is 10.3. The third-order valence-corrected chi connectivity index (χ3v) is 3.04. The van der Waals surface area contributed by atoms with Gasteiger partial charge in [0.2, 0.25) is 5.76 Å². The number of para-hydroxylation sites is 1. The molecule has 0 bridgehead atoms. The van der Waals surface area contributed by atoms with Crippen LogP contribution in [0.2, 0.25) is 0 Å². The van der Waals surface area contributed by atoms with Crippen LogP contribution in [-0.4, -0.2) is 5.97 Å². The minimum Gasteiger partial charge on any atom is -0.449 e. The summed E-state index contributed by atoms with van der Waals surface area (Å²) in [4.78, 5) is 12.0. The molecule has 2 aromatic carbocycles. The highest BCUT2D eigenvalue weighted by atomic mass is 16.5. The number of rotatable bonds is 3. The minimum absolute atomic E-state index is 0.164. The molecule has 0 spiro atoms. The smallest absolute Gasteiger partial charge is 0.379 e. The highest BCUT2D eigenvalue weighted by molar-refractivity contribution is 5.93. The van der Waals surface area contributed by atoms with Crippen molar-refractivity contribution in [2.45, 2.75) is 6.42 Å². The van der Waals surface area contributed by atoms with E-state index >= 15 is 0 Å². The molecule has 21 heavy (non-hydrogen) atoms. The maximum absolute atomic E-state index is 12.0. The lowest BCUT2D eigenvalue weighted by Gasteiger charge is -2.02. The molecule has 102 valence electrons. The molecule has 0 aliphatic rings. The molecule has 0 aliphatic carbocycles. The number of ether oxygens (including phenoxy) is 1. The van der Waals surface area contributed by atoms with E-state index in [4.69, 9.17) is 14.4 Å². The maximum Gasteiger partial charge on any atom is 0.379 e. The van der Waals surface area contributed by atoms with Crippen molar-refractivity contribution in [3.63, 3.8) is 0 Å². The van der Waals surface area contributed by atoms with Crippen molar-refractivity contribution in [2.75, 3.05) is 0 Å². The standard InChI is InChI=1S/C17H11NO3/c18-10-9-12-5-7-14(8-6-12)20-17(19)16-11-13-3-1-2-4-15(13)21-16/h1-8,11H,9H2. The number of furan rings is 1. The number of nitrogens with zero attached hydrogens (tertiary/aromatic N) is 1. The second-order valence-corrected chi connectivity index (χ2v) is 4.52. The van der Waals surface area contributed by atoms with E-state index in [1.54, 1.807) is 36.4 Å². The molecule has 0 radical (unpaired) electrons. The molecule has 4 nitrogen and oxygen atoms in total. The first kappa shape index (κ1) is 12.9. The van der Waals surface area contributed by atoms with Gasteiger partial charge < -0.3 is 9.15 Å². The van der Waals surface area contributed by atoms with Crippen molar-refractivity contribution < 1.29 is 13.9 Å². The minimum atomic E-state index is -0.542. The lowest BCUT2D eigenvalue weighted by atomic mass is 10.2. The fourth-order valence-corrected chi connectivity index (χ4v) is 2.01. The maximum atomic E-state index is 12.0. The van der Waals surface area contributed by atoms with Crippen molar-refractivity contribution in [1.29, 1.82) is 5.26 Å². The summed E-state index contributed by atoms with van der Waals surface area (Å²) in [6, 6.07) is 17.9. The van der Waals surface area contributed by atoms with Crippen LogP contribution < -0.4 is 4.74 Å². The van der Waals surface area contributed by atoms with Gasteiger partial charge in [0.15, 0.2) is 0 Å². The summed E-state index contributed by atoms with van der Waals surface area (Å²) in [5.74, 6) is 0.0404. The zero-order valence-corrected chi connectivity index (χ0v) is 11.1. The van der Waals surface area contributed by atoms with Crippen LogP contribution >= 0.6 is 0 Å². The molecule has 4 heteroatoms. The molecule has 0 unspecified atom stereocenters. The Kier molecular flexibility index (Phi) is 3.40. The predicted molar refractivity (Wildman–Crippen MR) is 76.9 cm³/mol. The van der Waals surface area contributed by atoms with Gasteiger partial charge in [-0.05, 0) is 29.8 Å². The first-order valence-electron chi connectivity index (χ1n) is 6.43. The van der Waals surface area contributed by atoms with Gasteiger partial charge in [-0.3, -0.25) is 0 Å². The number of hydrogen-bond donors (Lipinski definition) is 0. The lowest BCUT2D eigenvalue weighted by Crippen LogP contribution is -2.07. The Bertz CT molecular complexity index is 792. The number of carbonyl (C=O) groups is 1. The average molecular weight is 277 g/mol. The Morgan fingerprint density at radius 3 is 2.62 bits per heavy atom. The monoisotopic (exact) mass is 277 g/mol. The Labute approximate surface area is 121 Å². The van der Waals surface area contributed by atoms with Gasteiger partial charge in [0, 0.05) is 5.39 Å². The van der Waals surface area contributed by atoms with Crippen molar-refractivity contribution in [1.82, 2.24) is 0 Å². The Morgan fingerprint density at radius 1 is 1.14 bits per heavy atom. The van der Waals surface area contributed by atoms with Crippen LogP contribution in [0.4, 0.5) is 0 Å². The summed E-state index contributed by atoms with van der Waals surface area (Å²) >= 11 is 0. The van der Waals surface area contributed by atoms with Gasteiger partial charge >= 0.3 is 5.97 Å². The molecule has 0 aliphatic heterocycles. The number of esters is 1. The highest BCUT2D eigenvalue weighted by Crippen LogP contribution is 2.21. The van der Waals surface area contributed by atoms with Gasteiger partial charge in [0.05, 0.1) is 12.5 Å². The van der Waals surface area contributed by atoms with Crippen LogP contribution in [0.5, 0.6) is 5.75 Å². The van der Waals surface area contributed by atoms with E-state index in [-0.39, 0.29) is 5.76 Å². The molecule has 3 rings (SSSR count). The van der Waals surface area contributed by atoms with Crippen LogP contribution in [0, 0.1) is 11.3 Å². The van der Waals surface area contributed by atoms with Crippen LogP contribution in [0.25, 0.3) is 11.0 Å². The quantitative estimate of drug-likeness (QED) is 0.540. The van der Waals surface area contributed by atoms with E-state index in [2.05, 4.69) is 6.07 Å². The van der Waals surface area contributed by atoms with Gasteiger partial charge in [-0.15, -0.1) is 0 Å². The van der Waals surface area contributed by atoms with Gasteiger partial charge in [0.25, 0.3) is 0 Å². The van der Waals surface area contributed by atoms with E-state index in [9.17, 15) is 4.79 Å². The fraction of sp³-hybridized carbons (Fsp3) is 0.0588. The Hall–Kier alpha value is -3.06. The molecule has 1 heterocycles. The molecule has 1 aromatic heterocycles. The van der Waals surface area contributed by atoms with Crippen LogP contribution in [0.15, 0.2) is 59.0 Å². The predicted octanol–water partition coefficient (Wildman–Crippen LogP) is 3.72. The fourth-order valence-electron chi connectivity index (χ4n) is 2.01. The highest BCUT2D eigenvalue weighted by Gasteiger charge is 2.14. The zero-order chi connectivity index (χ0) is 14.7. The number of benzene rings is 2. The van der Waals surface area contributed by atoms with E-state index < -0.39 is 5.97 Å². The summed E-state index contributed by atoms with van der Waals surface area (Å²) in [5.41, 5.74) is 1.52. The second-order valence-electron chi connectivity index (χ2n) is 4.52. The largest absolute Gasteiger partial charge is 0.449 e. The Morgan fingerprint density at radius 2 is 1.90 bits per heavy atom. The molecule has 0 saturated carbocycles. The van der Waals surface area contributed by atoms with Crippen LogP contribution in [0.3, 0.4) is 0 Å². The van der Waals surface area contributed by atoms with Crippen LogP contribution in [-0.2, 0) is 6.42 Å². The molecule has 0 amide bonds. The first-order valence-corrected chi connectivity index (χ1v) is 6.43. The molecular formula is C17H11NO3. The summed E-state index contributed by atoms with van der Waals surface area (Å²) in [6.07, 6.45) is 0.331. The molecule has 0 fully saturated rings. The van der Waals surface area contributed by atoms with Gasteiger partial charge in [-0.1, -0.05) is 30.3 Å². The summed E-state index contributed by atoms with van der Waals surface area (Å²) < 4.78 is 10.7. The third-order valence-electron chi connectivity index (χ3n) is 3.04. The Balaban J connectivity index is 1.78. The van der Waals surface area contributed by atoms with E-state index in [0.717, 1.165) is 10.9 Å². The number of carbonyl (C=O) groups excluding carboxylic acids is 1. The summed E-state index contributed by atoms with van der Waals surface area (Å²) in [6.45, 7) is 0. The van der Waals surface area contributed by atoms with Crippen molar-refractivity contribution in [2.24, 2.45) is 0 Å². The van der Waals surface area contributed by atoms with E-state index in [1.807, 2.05) is 18.2 Å². The van der Waals surface area contributed by atoms with Crippen LogP contribution in [0.1, 0.15) is 16.1 Å². The topological polar surface area (TPSA) is 63.2 Å². The number of nitriles is 1. The normalized spacial score (nSPS) is 10.2. The van der Waals surface area contributed by atoms with Crippen molar-refractivity contribution in [3.05, 3.63) is 65.9 Å². The SMILES string of the molecule is N#CCc1ccc(OC(=O)c2cc3ccccc3o2)cc1. The molecule has 0 saturated heterocycles. The average Bonchev–Trinajstić information content (AvgIpc) is 2.94. The summed E-state index contributed by atoms with van der Waals surface area (Å²) in [5, 5.41) is 9.46. The number of hydrogen-bond acceptors (Lipinski definition) is 4. The van der Waals surface area contributed by atoms with Gasteiger partial charge in [-0.25, -0.2) is 4.79 Å². The molecule has 0 N–H and O–H groups in total. The lowest BCUT2D eigenvalue weighted by molar-refractivity contribution is 0.0704. The van der Waals surface area contributed by atoms with Gasteiger partial charge in [-0.2, -0.15) is 5.26 Å². The van der Waals surface area contributed by atoms with Gasteiger partial charge in [0.1, 0.15) is 11.3 Å². The third kappa shape index (κ3) is 2.77. The molecular weight excluding hydrogens is 266 g/mol. The van der Waals surface area contributed by atoms with Crippen molar-refractivity contribution in [3.8, 4) is 11.8 Å². The van der Waals surface area contributed by atoms with E-state index in [1.165, 1.54) is 0 Å². The molecule has 0 atom stereocenters. The molecule has 3 aromatic rings. The summed E-state index contributed by atoms with van der Waals surface area (Å²) in [7, 11) is 0.